The van der Waals surface area contributed by atoms with Crippen LogP contribution in [0.1, 0.15) is 15.6 Å². The summed E-state index contributed by atoms with van der Waals surface area (Å²) in [7, 11) is 4.01. The predicted octanol–water partition coefficient (Wildman–Crippen LogP) is 3.00. The number of nitrogens with one attached hydrogen (secondary N) is 1. The van der Waals surface area contributed by atoms with Gasteiger partial charge in [-0.25, -0.2) is 14.3 Å². The Bertz CT molecular complexity index is 900. The predicted molar refractivity (Wildman–Crippen MR) is 105 cm³/mol. The number of anilines is 1. The number of carbonyl (C=O) groups excluding carboxylic acids is 1. The largest absolute Gasteiger partial charge is 0.322 e. The summed E-state index contributed by atoms with van der Waals surface area (Å²) in [6.45, 7) is 5.94. The lowest BCUT2D eigenvalue weighted by Crippen LogP contribution is -2.38. The molecule has 0 spiro atoms. The number of carbonyl (C=O) groups is 1. The summed E-state index contributed by atoms with van der Waals surface area (Å²) in [5.41, 5.74) is 1.31. The molecule has 1 N–H and O–H groups in total. The second-order valence-electron chi connectivity index (χ2n) is 6.52. The average Bonchev–Trinajstić information content (AvgIpc) is 3.16. The topological polar surface area (TPSA) is 65.8 Å². The highest BCUT2D eigenvalue weighted by Gasteiger charge is 2.17. The molecule has 0 aromatic carbocycles. The lowest BCUT2D eigenvalue weighted by atomic mass is 10.3. The van der Waals surface area contributed by atoms with Gasteiger partial charge < -0.3 is 15.1 Å². The van der Waals surface area contributed by atoms with Crippen LogP contribution in [0.2, 0.25) is 0 Å². The van der Waals surface area contributed by atoms with E-state index in [1.54, 1.807) is 15.9 Å². The molecule has 0 atom stereocenters. The van der Waals surface area contributed by atoms with E-state index in [0.29, 0.717) is 30.2 Å². The van der Waals surface area contributed by atoms with Gasteiger partial charge in [-0.3, -0.25) is 0 Å². The molecule has 7 nitrogen and oxygen atoms in total. The zero-order valence-electron chi connectivity index (χ0n) is 15.6. The summed E-state index contributed by atoms with van der Waals surface area (Å²) in [6, 6.07) is 7.73. The molecule has 0 aliphatic carbocycles. The van der Waals surface area contributed by atoms with Gasteiger partial charge in [0.05, 0.1) is 12.2 Å². The number of rotatable bonds is 6. The van der Waals surface area contributed by atoms with Crippen LogP contribution in [0.3, 0.4) is 0 Å². The number of likely N-dealkylation sites (N-methyl/N-ethyl adjacent to an activating group) is 1. The summed E-state index contributed by atoms with van der Waals surface area (Å²) in [4.78, 5) is 23.7. The van der Waals surface area contributed by atoms with E-state index in [4.69, 9.17) is 0 Å². The molecule has 3 heterocycles. The quantitative estimate of drug-likeness (QED) is 0.722. The molecule has 0 aliphatic rings. The van der Waals surface area contributed by atoms with Crippen LogP contribution < -0.4 is 5.32 Å². The van der Waals surface area contributed by atoms with Crippen molar-refractivity contribution < 1.29 is 4.79 Å². The minimum absolute atomic E-state index is 0.133. The van der Waals surface area contributed by atoms with Crippen molar-refractivity contribution in [2.75, 3.05) is 32.5 Å². The number of urea groups is 1. The molecule has 138 valence electrons. The second kappa shape index (κ2) is 7.84. The van der Waals surface area contributed by atoms with Crippen molar-refractivity contribution in [2.24, 2.45) is 0 Å². The van der Waals surface area contributed by atoms with Crippen molar-refractivity contribution in [2.45, 2.75) is 20.4 Å². The molecular weight excluding hydrogens is 348 g/mol. The lowest BCUT2D eigenvalue weighted by molar-refractivity contribution is 0.203. The summed E-state index contributed by atoms with van der Waals surface area (Å²) in [5.74, 6) is 0.672. The van der Waals surface area contributed by atoms with Gasteiger partial charge >= 0.3 is 6.03 Å². The van der Waals surface area contributed by atoms with Crippen LogP contribution in [0.4, 0.5) is 10.5 Å². The van der Waals surface area contributed by atoms with Gasteiger partial charge in [0.15, 0.2) is 5.65 Å². The number of hydrogen-bond acceptors (Lipinski definition) is 5. The third kappa shape index (κ3) is 4.39. The molecule has 0 bridgehead atoms. The maximum atomic E-state index is 12.9. The van der Waals surface area contributed by atoms with Crippen molar-refractivity contribution in [1.29, 1.82) is 0 Å². The first kappa shape index (κ1) is 18.3. The van der Waals surface area contributed by atoms with Crippen LogP contribution in [0, 0.1) is 13.8 Å². The van der Waals surface area contributed by atoms with Gasteiger partial charge in [0.25, 0.3) is 0 Å². The number of thiophene rings is 1. The van der Waals surface area contributed by atoms with Crippen molar-refractivity contribution in [3.05, 3.63) is 46.0 Å². The fourth-order valence-corrected chi connectivity index (χ4v) is 3.54. The number of aromatic nitrogens is 3. The first-order valence-electron chi connectivity index (χ1n) is 8.50. The van der Waals surface area contributed by atoms with E-state index in [2.05, 4.69) is 39.4 Å². The van der Waals surface area contributed by atoms with Crippen LogP contribution in [-0.2, 0) is 6.54 Å². The normalized spacial score (nSPS) is 11.3. The molecule has 3 aromatic heterocycles. The Kier molecular flexibility index (Phi) is 5.53. The number of hydrogen-bond donors (Lipinski definition) is 1. The molecule has 0 saturated heterocycles. The summed E-state index contributed by atoms with van der Waals surface area (Å²) < 4.78 is 1.68. The molecule has 26 heavy (non-hydrogen) atoms. The van der Waals surface area contributed by atoms with E-state index in [9.17, 15) is 4.79 Å². The van der Waals surface area contributed by atoms with E-state index in [-0.39, 0.29) is 6.03 Å². The first-order chi connectivity index (χ1) is 12.4. The van der Waals surface area contributed by atoms with Crippen LogP contribution in [0.5, 0.6) is 0 Å². The molecule has 3 rings (SSSR count). The van der Waals surface area contributed by atoms with Crippen LogP contribution in [0.15, 0.2) is 30.5 Å². The van der Waals surface area contributed by atoms with Crippen LogP contribution in [0.25, 0.3) is 5.65 Å². The zero-order valence-corrected chi connectivity index (χ0v) is 16.4. The second-order valence-corrected chi connectivity index (χ2v) is 7.89. The van der Waals surface area contributed by atoms with Gasteiger partial charge in [-0.15, -0.1) is 11.3 Å². The number of pyridine rings is 1. The molecule has 0 saturated carbocycles. The highest BCUT2D eigenvalue weighted by Crippen LogP contribution is 2.19. The Morgan fingerprint density at radius 1 is 1.23 bits per heavy atom. The Labute approximate surface area is 157 Å². The van der Waals surface area contributed by atoms with Crippen LogP contribution in [-0.4, -0.2) is 57.6 Å². The fraction of sp³-hybridized carbons (Fsp3) is 0.389. The molecular formula is C18H24N6OS. The Balaban J connectivity index is 1.79. The molecule has 8 heteroatoms. The number of aryl methyl sites for hydroxylation is 2. The van der Waals surface area contributed by atoms with Crippen molar-refractivity contribution in [3.63, 3.8) is 0 Å². The minimum Gasteiger partial charge on any atom is -0.318 e. The smallest absolute Gasteiger partial charge is 0.318 e. The van der Waals surface area contributed by atoms with Crippen molar-refractivity contribution >= 4 is 28.7 Å². The standard InChI is InChI=1S/C18H24N6OS/c1-13-7-8-15(26-13)12-23(11-10-22(3)4)18(25)20-16-6-5-9-24-17(16)19-14(2)21-24/h5-9H,10-12H2,1-4H3,(H,20,25). The lowest BCUT2D eigenvalue weighted by Gasteiger charge is -2.24. The summed E-state index contributed by atoms with van der Waals surface area (Å²) >= 11 is 1.72. The monoisotopic (exact) mass is 372 g/mol. The fourth-order valence-electron chi connectivity index (χ4n) is 2.64. The number of fused-ring (bicyclic) bond motifs is 1. The molecule has 3 aromatic rings. The van der Waals surface area contributed by atoms with E-state index in [0.717, 1.165) is 6.54 Å². The number of amides is 2. The minimum atomic E-state index is -0.133. The van der Waals surface area contributed by atoms with Gasteiger partial charge in [0.2, 0.25) is 0 Å². The van der Waals surface area contributed by atoms with Gasteiger partial charge in [0, 0.05) is 29.0 Å². The third-order valence-electron chi connectivity index (χ3n) is 3.96. The van der Waals surface area contributed by atoms with Crippen LogP contribution >= 0.6 is 11.3 Å². The molecule has 0 radical (unpaired) electrons. The SMILES string of the molecule is Cc1nc2c(NC(=O)N(CCN(C)C)Cc3ccc(C)s3)cccn2n1. The van der Waals surface area contributed by atoms with Gasteiger partial charge in [-0.1, -0.05) is 0 Å². The highest BCUT2D eigenvalue weighted by atomic mass is 32.1. The molecule has 0 aliphatic heterocycles. The Morgan fingerprint density at radius 2 is 2.04 bits per heavy atom. The van der Waals surface area contributed by atoms with E-state index in [1.165, 1.54) is 9.75 Å². The van der Waals surface area contributed by atoms with Crippen molar-refractivity contribution in [3.8, 4) is 0 Å². The summed E-state index contributed by atoms with van der Waals surface area (Å²) in [5, 5.41) is 7.29. The molecule has 0 fully saturated rings. The van der Waals surface area contributed by atoms with Crippen molar-refractivity contribution in [1.82, 2.24) is 24.4 Å². The highest BCUT2D eigenvalue weighted by molar-refractivity contribution is 7.11. The summed E-state index contributed by atoms with van der Waals surface area (Å²) in [6.07, 6.45) is 1.82. The van der Waals surface area contributed by atoms with E-state index in [1.807, 2.05) is 44.2 Å². The number of nitrogens with zero attached hydrogens (tertiary/aromatic N) is 5. The van der Waals surface area contributed by atoms with Gasteiger partial charge in [-0.2, -0.15) is 5.10 Å². The van der Waals surface area contributed by atoms with E-state index < -0.39 is 0 Å². The average molecular weight is 372 g/mol. The maximum absolute atomic E-state index is 12.9. The zero-order chi connectivity index (χ0) is 18.7. The van der Waals surface area contributed by atoms with Gasteiger partial charge in [0.1, 0.15) is 5.82 Å². The van der Waals surface area contributed by atoms with Gasteiger partial charge in [-0.05, 0) is 52.2 Å². The maximum Gasteiger partial charge on any atom is 0.322 e. The Hall–Kier alpha value is -2.45. The Morgan fingerprint density at radius 3 is 2.73 bits per heavy atom. The van der Waals surface area contributed by atoms with E-state index >= 15 is 0 Å². The third-order valence-corrected chi connectivity index (χ3v) is 4.94. The molecule has 0 unspecified atom stereocenters. The molecule has 2 amide bonds. The first-order valence-corrected chi connectivity index (χ1v) is 9.32.